The number of hydrogen-bond acceptors (Lipinski definition) is 7. The molecule has 1 aromatic heterocycles. The van der Waals surface area contributed by atoms with E-state index < -0.39 is 11.9 Å². The van der Waals surface area contributed by atoms with Crippen LogP contribution in [0.3, 0.4) is 0 Å². The van der Waals surface area contributed by atoms with Gasteiger partial charge in [-0.2, -0.15) is 0 Å². The average Bonchev–Trinajstić information content (AvgIpc) is 2.88. The van der Waals surface area contributed by atoms with Gasteiger partial charge in [0.15, 0.2) is 0 Å². The van der Waals surface area contributed by atoms with Gasteiger partial charge in [0.25, 0.3) is 11.8 Å². The van der Waals surface area contributed by atoms with E-state index in [9.17, 15) is 14.4 Å². The third kappa shape index (κ3) is 7.06. The number of ether oxygens (including phenoxy) is 3. The smallest absolute Gasteiger partial charge is 0.326 e. The van der Waals surface area contributed by atoms with Gasteiger partial charge in [-0.05, 0) is 42.5 Å². The summed E-state index contributed by atoms with van der Waals surface area (Å²) < 4.78 is 16.0. The maximum atomic E-state index is 12.4. The number of rotatable bonds is 9. The Bertz CT molecular complexity index is 1200. The summed E-state index contributed by atoms with van der Waals surface area (Å²) in [5.74, 6) is 0.766. The Morgan fingerprint density at radius 2 is 1.57 bits per heavy atom. The molecule has 2 aromatic carbocycles. The molecule has 0 unspecified atom stereocenters. The van der Waals surface area contributed by atoms with E-state index in [1.54, 1.807) is 42.5 Å². The monoisotopic (exact) mass is 476 g/mol. The highest BCUT2D eigenvalue weighted by Crippen LogP contribution is 2.24. The lowest BCUT2D eigenvalue weighted by Gasteiger charge is -2.10. The van der Waals surface area contributed by atoms with E-state index in [0.29, 0.717) is 35.2 Å². The van der Waals surface area contributed by atoms with E-state index in [1.165, 1.54) is 38.6 Å². The summed E-state index contributed by atoms with van der Waals surface area (Å²) in [6, 6.07) is 13.5. The molecule has 3 aromatic rings. The van der Waals surface area contributed by atoms with Crippen LogP contribution in [0, 0.1) is 0 Å². The number of aromatic nitrogens is 1. The third-order valence-corrected chi connectivity index (χ3v) is 4.56. The Hall–Kier alpha value is -4.86. The molecule has 35 heavy (non-hydrogen) atoms. The fourth-order valence-corrected chi connectivity index (χ4v) is 2.87. The molecule has 0 aliphatic carbocycles. The minimum Gasteiger partial charge on any atom is -0.497 e. The standard InChI is InChI=1S/C25H24N4O6/c1-4-10-27-24(31)22-15-19(9-11-26-22)35-18-7-5-17(6-8-18)28-25(32)29-23(30)16-12-20(33-2)14-21(13-16)34-3/h4-9,11-15H,1,10H2,2-3H3,(H,27,31)(H2,28,29,30,32). The number of pyridine rings is 1. The second-order valence-corrected chi connectivity index (χ2v) is 7.01. The summed E-state index contributed by atoms with van der Waals surface area (Å²) in [7, 11) is 2.93. The van der Waals surface area contributed by atoms with Gasteiger partial charge in [-0.1, -0.05) is 6.08 Å². The summed E-state index contributed by atoms with van der Waals surface area (Å²) >= 11 is 0. The number of urea groups is 1. The van der Waals surface area contributed by atoms with Crippen LogP contribution in [-0.4, -0.2) is 43.6 Å². The van der Waals surface area contributed by atoms with Crippen molar-refractivity contribution in [3.63, 3.8) is 0 Å². The van der Waals surface area contributed by atoms with Gasteiger partial charge >= 0.3 is 6.03 Å². The number of carbonyl (C=O) groups excluding carboxylic acids is 3. The van der Waals surface area contributed by atoms with Crippen molar-refractivity contribution >= 4 is 23.5 Å². The molecule has 3 N–H and O–H groups in total. The van der Waals surface area contributed by atoms with Crippen LogP contribution in [0.4, 0.5) is 10.5 Å². The molecule has 0 aliphatic heterocycles. The van der Waals surface area contributed by atoms with Crippen molar-refractivity contribution in [2.45, 2.75) is 0 Å². The predicted octanol–water partition coefficient (Wildman–Crippen LogP) is 3.77. The van der Waals surface area contributed by atoms with E-state index in [4.69, 9.17) is 14.2 Å². The first kappa shape index (κ1) is 24.8. The molecule has 10 heteroatoms. The van der Waals surface area contributed by atoms with Gasteiger partial charge in [0, 0.05) is 36.1 Å². The number of nitrogens with zero attached hydrogens (tertiary/aromatic N) is 1. The van der Waals surface area contributed by atoms with E-state index >= 15 is 0 Å². The van der Waals surface area contributed by atoms with Crippen molar-refractivity contribution in [1.29, 1.82) is 0 Å². The van der Waals surface area contributed by atoms with Gasteiger partial charge in [-0.15, -0.1) is 6.58 Å². The van der Waals surface area contributed by atoms with Crippen LogP contribution in [0.1, 0.15) is 20.8 Å². The Balaban J connectivity index is 1.59. The SMILES string of the molecule is C=CCNC(=O)c1cc(Oc2ccc(NC(=O)NC(=O)c3cc(OC)cc(OC)c3)cc2)ccn1. The minimum atomic E-state index is -0.713. The number of anilines is 1. The highest BCUT2D eigenvalue weighted by Gasteiger charge is 2.14. The molecular formula is C25H24N4O6. The zero-order valence-corrected chi connectivity index (χ0v) is 19.2. The van der Waals surface area contributed by atoms with Crippen LogP contribution in [0.2, 0.25) is 0 Å². The number of methoxy groups -OCH3 is 2. The minimum absolute atomic E-state index is 0.204. The van der Waals surface area contributed by atoms with Gasteiger partial charge in [0.2, 0.25) is 0 Å². The summed E-state index contributed by atoms with van der Waals surface area (Å²) in [5, 5.41) is 7.47. The zero-order chi connectivity index (χ0) is 25.2. The van der Waals surface area contributed by atoms with Gasteiger partial charge in [-0.25, -0.2) is 4.79 Å². The highest BCUT2D eigenvalue weighted by atomic mass is 16.5. The highest BCUT2D eigenvalue weighted by molar-refractivity contribution is 6.08. The Labute approximate surface area is 201 Å². The number of benzene rings is 2. The lowest BCUT2D eigenvalue weighted by atomic mass is 10.2. The normalized spacial score (nSPS) is 10.0. The molecule has 0 aliphatic rings. The van der Waals surface area contributed by atoms with E-state index in [-0.39, 0.29) is 17.2 Å². The van der Waals surface area contributed by atoms with Gasteiger partial charge in [-0.3, -0.25) is 19.9 Å². The van der Waals surface area contributed by atoms with Gasteiger partial charge in [0.1, 0.15) is 28.7 Å². The Morgan fingerprint density at radius 1 is 0.886 bits per heavy atom. The number of amides is 4. The molecule has 0 bridgehead atoms. The molecular weight excluding hydrogens is 452 g/mol. The first-order chi connectivity index (χ1) is 16.9. The first-order valence-corrected chi connectivity index (χ1v) is 10.4. The Kier molecular flexibility index (Phi) is 8.38. The molecule has 0 radical (unpaired) electrons. The lowest BCUT2D eigenvalue weighted by molar-refractivity contribution is 0.0948. The van der Waals surface area contributed by atoms with E-state index in [1.807, 2.05) is 0 Å². The fourth-order valence-electron chi connectivity index (χ4n) is 2.87. The number of carbonyl (C=O) groups is 3. The second-order valence-electron chi connectivity index (χ2n) is 7.01. The van der Waals surface area contributed by atoms with Crippen LogP contribution >= 0.6 is 0 Å². The second kappa shape index (κ2) is 11.8. The molecule has 0 fully saturated rings. The van der Waals surface area contributed by atoms with Crippen LogP contribution < -0.4 is 30.2 Å². The number of nitrogens with one attached hydrogen (secondary N) is 3. The fraction of sp³-hybridized carbons (Fsp3) is 0.120. The lowest BCUT2D eigenvalue weighted by Crippen LogP contribution is -2.34. The number of hydrogen-bond donors (Lipinski definition) is 3. The maximum Gasteiger partial charge on any atom is 0.326 e. The van der Waals surface area contributed by atoms with Crippen molar-refractivity contribution in [1.82, 2.24) is 15.6 Å². The molecule has 1 heterocycles. The number of imide groups is 1. The molecule has 0 saturated heterocycles. The zero-order valence-electron chi connectivity index (χ0n) is 19.2. The molecule has 0 saturated carbocycles. The average molecular weight is 476 g/mol. The van der Waals surface area contributed by atoms with Crippen molar-refractivity contribution in [3.05, 3.63) is 84.7 Å². The van der Waals surface area contributed by atoms with Crippen molar-refractivity contribution in [2.24, 2.45) is 0 Å². The molecule has 0 spiro atoms. The predicted molar refractivity (Wildman–Crippen MR) is 129 cm³/mol. The quantitative estimate of drug-likeness (QED) is 0.401. The topological polar surface area (TPSA) is 128 Å². The van der Waals surface area contributed by atoms with Crippen molar-refractivity contribution in [3.8, 4) is 23.0 Å². The van der Waals surface area contributed by atoms with Crippen molar-refractivity contribution < 1.29 is 28.6 Å². The summed E-state index contributed by atoms with van der Waals surface area (Å²) in [4.78, 5) is 40.8. The maximum absolute atomic E-state index is 12.4. The summed E-state index contributed by atoms with van der Waals surface area (Å²) in [5.41, 5.74) is 0.845. The molecule has 3 rings (SSSR count). The summed E-state index contributed by atoms with van der Waals surface area (Å²) in [6.07, 6.45) is 3.04. The van der Waals surface area contributed by atoms with Crippen molar-refractivity contribution in [2.75, 3.05) is 26.1 Å². The van der Waals surface area contributed by atoms with Crippen LogP contribution in [-0.2, 0) is 0 Å². The van der Waals surface area contributed by atoms with Crippen LogP contribution in [0.25, 0.3) is 0 Å². The van der Waals surface area contributed by atoms with Gasteiger partial charge in [0.05, 0.1) is 14.2 Å². The van der Waals surface area contributed by atoms with Gasteiger partial charge < -0.3 is 24.8 Å². The first-order valence-electron chi connectivity index (χ1n) is 10.4. The molecule has 4 amide bonds. The molecule has 180 valence electrons. The van der Waals surface area contributed by atoms with E-state index in [0.717, 1.165) is 0 Å². The third-order valence-electron chi connectivity index (χ3n) is 4.56. The van der Waals surface area contributed by atoms with Crippen LogP contribution in [0.5, 0.6) is 23.0 Å². The van der Waals surface area contributed by atoms with Crippen LogP contribution in [0.15, 0.2) is 73.4 Å². The Morgan fingerprint density at radius 3 is 2.20 bits per heavy atom. The largest absolute Gasteiger partial charge is 0.497 e. The van der Waals surface area contributed by atoms with E-state index in [2.05, 4.69) is 27.5 Å². The summed E-state index contributed by atoms with van der Waals surface area (Å²) in [6.45, 7) is 3.88. The molecule has 0 atom stereocenters. The molecule has 10 nitrogen and oxygen atoms in total.